The van der Waals surface area contributed by atoms with Crippen molar-refractivity contribution in [3.63, 3.8) is 0 Å². The lowest BCUT2D eigenvalue weighted by molar-refractivity contribution is -0.132. The van der Waals surface area contributed by atoms with E-state index in [0.29, 0.717) is 13.0 Å². The zero-order chi connectivity index (χ0) is 18.5. The molecule has 26 heavy (non-hydrogen) atoms. The predicted molar refractivity (Wildman–Crippen MR) is 103 cm³/mol. The summed E-state index contributed by atoms with van der Waals surface area (Å²) in [5, 5.41) is 3.64. The van der Waals surface area contributed by atoms with Gasteiger partial charge in [-0.05, 0) is 61.4 Å². The van der Waals surface area contributed by atoms with Crippen LogP contribution in [0.3, 0.4) is 0 Å². The number of likely N-dealkylation sites (tertiary alicyclic amines) is 1. The number of hydrogen-bond donors (Lipinski definition) is 1. The Morgan fingerprint density at radius 3 is 2.73 bits per heavy atom. The highest BCUT2D eigenvalue weighted by Crippen LogP contribution is 2.40. The van der Waals surface area contributed by atoms with Crippen molar-refractivity contribution in [1.82, 2.24) is 10.3 Å². The number of carbonyl (C=O) groups is 2. The molecule has 2 saturated heterocycles. The molecule has 4 rings (SSSR count). The van der Waals surface area contributed by atoms with E-state index in [4.69, 9.17) is 0 Å². The minimum absolute atomic E-state index is 0.0127. The second-order valence-electron chi connectivity index (χ2n) is 7.34. The van der Waals surface area contributed by atoms with Gasteiger partial charge in [0.15, 0.2) is 0 Å². The molecule has 2 amide bonds. The van der Waals surface area contributed by atoms with Crippen molar-refractivity contribution in [2.75, 3.05) is 18.6 Å². The molecule has 0 bridgehead atoms. The van der Waals surface area contributed by atoms with Gasteiger partial charge in [0.2, 0.25) is 11.8 Å². The summed E-state index contributed by atoms with van der Waals surface area (Å²) in [6.07, 6.45) is 1.41. The first-order valence-electron chi connectivity index (χ1n) is 8.89. The van der Waals surface area contributed by atoms with Crippen molar-refractivity contribution < 1.29 is 9.59 Å². The summed E-state index contributed by atoms with van der Waals surface area (Å²) >= 11 is 1.69. The van der Waals surface area contributed by atoms with Crippen LogP contribution in [0.25, 0.3) is 0 Å². The number of hydrogen-bond acceptors (Lipinski definition) is 4. The third-order valence-electron chi connectivity index (χ3n) is 5.70. The Bertz CT molecular complexity index is 864. The fourth-order valence-corrected chi connectivity index (χ4v) is 4.71. The molecule has 2 atom stereocenters. The Morgan fingerprint density at radius 2 is 2.04 bits per heavy atom. The van der Waals surface area contributed by atoms with E-state index in [2.05, 4.69) is 11.5 Å². The van der Waals surface area contributed by atoms with Crippen molar-refractivity contribution in [1.29, 1.82) is 0 Å². The number of fused-ring (bicyclic) bond motifs is 1. The van der Waals surface area contributed by atoms with Gasteiger partial charge in [-0.1, -0.05) is 12.1 Å². The van der Waals surface area contributed by atoms with Gasteiger partial charge in [0.1, 0.15) is 5.54 Å². The molecular formula is C20H23N3O2S. The van der Waals surface area contributed by atoms with Gasteiger partial charge in [-0.15, -0.1) is 11.3 Å². The molecule has 0 radical (unpaired) electrons. The molecule has 0 saturated carbocycles. The number of nitrogens with zero attached hydrogens (tertiary/aromatic N) is 2. The van der Waals surface area contributed by atoms with Crippen LogP contribution in [0.4, 0.5) is 5.69 Å². The molecule has 2 aliphatic rings. The number of carbonyl (C=O) groups excluding carboxylic acids is 2. The SMILES string of the molecule is Cc1ccc(N2NC3(CCc4cccs4)C(=O)N(C)CC3C2=O)cc1C. The van der Waals surface area contributed by atoms with Crippen LogP contribution in [0.2, 0.25) is 0 Å². The molecule has 5 nitrogen and oxygen atoms in total. The van der Waals surface area contributed by atoms with E-state index >= 15 is 0 Å². The number of anilines is 1. The van der Waals surface area contributed by atoms with Crippen LogP contribution in [0.1, 0.15) is 22.4 Å². The molecule has 2 aliphatic heterocycles. The molecule has 2 unspecified atom stereocenters. The Balaban J connectivity index is 1.66. The summed E-state index contributed by atoms with van der Waals surface area (Å²) in [4.78, 5) is 29.0. The summed E-state index contributed by atoms with van der Waals surface area (Å²) < 4.78 is 0. The first kappa shape index (κ1) is 17.2. The largest absolute Gasteiger partial charge is 0.343 e. The van der Waals surface area contributed by atoms with E-state index in [1.165, 1.54) is 10.4 Å². The molecule has 136 valence electrons. The third kappa shape index (κ3) is 2.56. The van der Waals surface area contributed by atoms with Crippen LogP contribution in [-0.2, 0) is 16.0 Å². The average Bonchev–Trinajstić information content (AvgIpc) is 3.29. The van der Waals surface area contributed by atoms with E-state index in [1.54, 1.807) is 28.3 Å². The molecular weight excluding hydrogens is 346 g/mol. The lowest BCUT2D eigenvalue weighted by Crippen LogP contribution is -2.54. The zero-order valence-electron chi connectivity index (χ0n) is 15.3. The van der Waals surface area contributed by atoms with Gasteiger partial charge in [0.25, 0.3) is 0 Å². The molecule has 2 aromatic rings. The predicted octanol–water partition coefficient (Wildman–Crippen LogP) is 2.68. The quantitative estimate of drug-likeness (QED) is 0.902. The van der Waals surface area contributed by atoms with Crippen LogP contribution in [-0.4, -0.2) is 35.8 Å². The fourth-order valence-electron chi connectivity index (χ4n) is 4.00. The Hall–Kier alpha value is -2.18. The number of amides is 2. The fraction of sp³-hybridized carbons (Fsp3) is 0.400. The molecule has 6 heteroatoms. The number of benzene rings is 1. The third-order valence-corrected chi connectivity index (χ3v) is 6.64. The summed E-state index contributed by atoms with van der Waals surface area (Å²) in [6.45, 7) is 4.55. The highest BCUT2D eigenvalue weighted by molar-refractivity contribution is 7.09. The first-order valence-corrected chi connectivity index (χ1v) is 9.77. The van der Waals surface area contributed by atoms with Crippen molar-refractivity contribution in [3.05, 3.63) is 51.7 Å². The van der Waals surface area contributed by atoms with Crippen molar-refractivity contribution >= 4 is 28.8 Å². The van der Waals surface area contributed by atoms with Gasteiger partial charge >= 0.3 is 0 Å². The zero-order valence-corrected chi connectivity index (χ0v) is 16.1. The summed E-state index contributed by atoms with van der Waals surface area (Å²) in [5.41, 5.74) is 5.60. The Kier molecular flexibility index (Phi) is 4.12. The van der Waals surface area contributed by atoms with Crippen LogP contribution in [0.5, 0.6) is 0 Å². The van der Waals surface area contributed by atoms with E-state index in [9.17, 15) is 9.59 Å². The number of hydrazine groups is 1. The highest BCUT2D eigenvalue weighted by atomic mass is 32.1. The second-order valence-corrected chi connectivity index (χ2v) is 8.38. The minimum atomic E-state index is -0.839. The van der Waals surface area contributed by atoms with E-state index in [1.807, 2.05) is 43.5 Å². The Morgan fingerprint density at radius 1 is 1.23 bits per heavy atom. The minimum Gasteiger partial charge on any atom is -0.343 e. The van der Waals surface area contributed by atoms with Gasteiger partial charge in [0.05, 0.1) is 11.6 Å². The number of nitrogens with one attached hydrogen (secondary N) is 1. The van der Waals surface area contributed by atoms with E-state index in [-0.39, 0.29) is 17.7 Å². The number of aryl methyl sites for hydroxylation is 3. The molecule has 1 N–H and O–H groups in total. The van der Waals surface area contributed by atoms with Crippen LogP contribution in [0, 0.1) is 19.8 Å². The van der Waals surface area contributed by atoms with Gasteiger partial charge in [-0.25, -0.2) is 10.4 Å². The highest BCUT2D eigenvalue weighted by Gasteiger charge is 2.62. The summed E-state index contributed by atoms with van der Waals surface area (Å²) in [5.74, 6) is -0.350. The van der Waals surface area contributed by atoms with Crippen molar-refractivity contribution in [2.24, 2.45) is 5.92 Å². The maximum atomic E-state index is 13.1. The molecule has 1 aromatic heterocycles. The lowest BCUT2D eigenvalue weighted by Gasteiger charge is -2.28. The van der Waals surface area contributed by atoms with Gasteiger partial charge in [0, 0.05) is 18.5 Å². The van der Waals surface area contributed by atoms with Gasteiger partial charge < -0.3 is 4.90 Å². The number of thiophene rings is 1. The van der Waals surface area contributed by atoms with E-state index in [0.717, 1.165) is 17.7 Å². The number of likely N-dealkylation sites (N-methyl/N-ethyl adjacent to an activating group) is 1. The van der Waals surface area contributed by atoms with Gasteiger partial charge in [-0.2, -0.15) is 0 Å². The van der Waals surface area contributed by atoms with Crippen LogP contribution >= 0.6 is 11.3 Å². The molecule has 1 aromatic carbocycles. The Labute approximate surface area is 157 Å². The maximum Gasteiger partial charge on any atom is 0.248 e. The van der Waals surface area contributed by atoms with E-state index < -0.39 is 5.54 Å². The summed E-state index contributed by atoms with van der Waals surface area (Å²) in [7, 11) is 1.78. The monoisotopic (exact) mass is 369 g/mol. The molecule has 3 heterocycles. The molecule has 0 spiro atoms. The topological polar surface area (TPSA) is 52.7 Å². The normalized spacial score (nSPS) is 25.3. The molecule has 0 aliphatic carbocycles. The average molecular weight is 369 g/mol. The van der Waals surface area contributed by atoms with Crippen LogP contribution in [0.15, 0.2) is 35.7 Å². The van der Waals surface area contributed by atoms with Crippen LogP contribution < -0.4 is 10.4 Å². The molecule has 2 fully saturated rings. The van der Waals surface area contributed by atoms with Crippen molar-refractivity contribution in [3.8, 4) is 0 Å². The first-order chi connectivity index (χ1) is 12.4. The maximum absolute atomic E-state index is 13.1. The lowest BCUT2D eigenvalue weighted by atomic mass is 9.84. The summed E-state index contributed by atoms with van der Waals surface area (Å²) in [6, 6.07) is 10.1. The number of rotatable bonds is 4. The van der Waals surface area contributed by atoms with Gasteiger partial charge in [-0.3, -0.25) is 9.59 Å². The van der Waals surface area contributed by atoms with Crippen molar-refractivity contribution in [2.45, 2.75) is 32.2 Å². The smallest absolute Gasteiger partial charge is 0.248 e. The standard InChI is InChI=1S/C20H23N3O2S/c1-13-6-7-15(11-14(13)2)23-18(24)17-12-22(3)19(25)20(17,21-23)9-8-16-5-4-10-26-16/h4-7,10-11,17,21H,8-9,12H2,1-3H3. The second kappa shape index (κ2) is 6.21.